The Bertz CT molecular complexity index is 1010. The van der Waals surface area contributed by atoms with Crippen molar-refractivity contribution >= 4 is 39.7 Å². The standard InChI is InChI=1S/C19H15N3O4S/c20-10-12(19-21-13-4-1-2-5-14(13)22-19)16(24)11-26-18(25)8-7-15(23)17-6-3-9-27-17/h1-6,9,24H,7-8,11H2,(H,21,22). The molecule has 7 nitrogen and oxygen atoms in total. The van der Waals surface area contributed by atoms with Gasteiger partial charge in [0.25, 0.3) is 0 Å². The van der Waals surface area contributed by atoms with E-state index in [2.05, 4.69) is 9.97 Å². The maximum absolute atomic E-state index is 11.9. The number of aliphatic hydroxyl groups excluding tert-OH is 1. The number of H-pyrrole nitrogens is 1. The highest BCUT2D eigenvalue weighted by molar-refractivity contribution is 7.12. The molecule has 2 heterocycles. The Kier molecular flexibility index (Phi) is 5.64. The van der Waals surface area contributed by atoms with Gasteiger partial charge in [-0.15, -0.1) is 11.3 Å². The van der Waals surface area contributed by atoms with Crippen molar-refractivity contribution in [1.29, 1.82) is 5.26 Å². The van der Waals surface area contributed by atoms with Crippen molar-refractivity contribution in [3.05, 3.63) is 58.2 Å². The number of para-hydroxylation sites is 2. The lowest BCUT2D eigenvalue weighted by Crippen LogP contribution is -2.10. The number of nitrogens with one attached hydrogen (secondary N) is 1. The first-order valence-corrected chi connectivity index (χ1v) is 8.96. The second-order valence-electron chi connectivity index (χ2n) is 5.60. The molecule has 0 amide bonds. The first kappa shape index (κ1) is 18.4. The zero-order valence-corrected chi connectivity index (χ0v) is 15.0. The van der Waals surface area contributed by atoms with Gasteiger partial charge in [-0.1, -0.05) is 18.2 Å². The first-order chi connectivity index (χ1) is 13.1. The fourth-order valence-electron chi connectivity index (χ4n) is 2.39. The number of esters is 1. The molecule has 0 saturated carbocycles. The minimum absolute atomic E-state index is 0.0263. The van der Waals surface area contributed by atoms with E-state index in [0.717, 1.165) is 5.52 Å². The number of imidazole rings is 1. The molecule has 3 aromatic rings. The van der Waals surface area contributed by atoms with Crippen LogP contribution in [0.5, 0.6) is 0 Å². The van der Waals surface area contributed by atoms with E-state index in [0.29, 0.717) is 10.4 Å². The van der Waals surface area contributed by atoms with Crippen LogP contribution in [-0.2, 0) is 9.53 Å². The molecule has 0 unspecified atom stereocenters. The number of aliphatic hydroxyl groups is 1. The summed E-state index contributed by atoms with van der Waals surface area (Å²) in [5.41, 5.74) is 1.27. The number of carbonyl (C=O) groups excluding carboxylic acids is 2. The Morgan fingerprint density at radius 1 is 1.22 bits per heavy atom. The summed E-state index contributed by atoms with van der Waals surface area (Å²) in [4.78, 5) is 31.4. The number of carbonyl (C=O) groups is 2. The van der Waals surface area contributed by atoms with Crippen LogP contribution in [0.25, 0.3) is 16.6 Å². The second kappa shape index (κ2) is 8.29. The van der Waals surface area contributed by atoms with Gasteiger partial charge in [0.1, 0.15) is 18.2 Å². The molecule has 3 rings (SSSR count). The van der Waals surface area contributed by atoms with Crippen molar-refractivity contribution in [1.82, 2.24) is 9.97 Å². The topological polar surface area (TPSA) is 116 Å². The molecule has 0 radical (unpaired) electrons. The van der Waals surface area contributed by atoms with Gasteiger partial charge in [0, 0.05) is 6.42 Å². The van der Waals surface area contributed by atoms with Crippen LogP contribution in [0.1, 0.15) is 28.3 Å². The molecule has 136 valence electrons. The third-order valence-corrected chi connectivity index (χ3v) is 4.66. The maximum Gasteiger partial charge on any atom is 0.306 e. The Labute approximate surface area is 158 Å². The molecule has 2 N–H and O–H groups in total. The Morgan fingerprint density at radius 3 is 2.74 bits per heavy atom. The summed E-state index contributed by atoms with van der Waals surface area (Å²) in [5, 5.41) is 21.2. The number of hydrogen-bond donors (Lipinski definition) is 2. The molecule has 1 aromatic carbocycles. The number of rotatable bonds is 7. The van der Waals surface area contributed by atoms with Gasteiger partial charge in [-0.3, -0.25) is 9.59 Å². The van der Waals surface area contributed by atoms with E-state index in [-0.39, 0.29) is 30.0 Å². The highest BCUT2D eigenvalue weighted by Gasteiger charge is 2.16. The quantitative estimate of drug-likeness (QED) is 0.279. The number of fused-ring (bicyclic) bond motifs is 1. The first-order valence-electron chi connectivity index (χ1n) is 8.08. The zero-order chi connectivity index (χ0) is 19.2. The van der Waals surface area contributed by atoms with Gasteiger partial charge >= 0.3 is 5.97 Å². The van der Waals surface area contributed by atoms with Gasteiger partial charge in [-0.05, 0) is 23.6 Å². The molecule has 0 aliphatic heterocycles. The number of nitriles is 1. The van der Waals surface area contributed by atoms with Gasteiger partial charge in [0.05, 0.1) is 22.3 Å². The SMILES string of the molecule is N#CC(=C(O)COC(=O)CCC(=O)c1cccs1)c1nc2ccccc2[nH]1. The summed E-state index contributed by atoms with van der Waals surface area (Å²) in [7, 11) is 0. The molecule has 27 heavy (non-hydrogen) atoms. The van der Waals surface area contributed by atoms with Crippen molar-refractivity contribution < 1.29 is 19.4 Å². The van der Waals surface area contributed by atoms with Crippen molar-refractivity contribution in [3.63, 3.8) is 0 Å². The number of nitrogens with zero attached hydrogens (tertiary/aromatic N) is 2. The zero-order valence-electron chi connectivity index (χ0n) is 14.1. The number of Topliss-reactive ketones (excluding diaryl/α,β-unsaturated/α-hetero) is 1. The molecule has 0 spiro atoms. The number of allylic oxidation sites excluding steroid dienone is 1. The third-order valence-electron chi connectivity index (χ3n) is 3.75. The average Bonchev–Trinajstić information content (AvgIpc) is 3.34. The second-order valence-corrected chi connectivity index (χ2v) is 6.54. The molecule has 0 aliphatic rings. The summed E-state index contributed by atoms with van der Waals surface area (Å²) in [5.74, 6) is -0.982. The molecular weight excluding hydrogens is 366 g/mol. The van der Waals surface area contributed by atoms with E-state index in [1.165, 1.54) is 11.3 Å². The molecule has 0 aliphatic carbocycles. The Balaban J connectivity index is 1.60. The van der Waals surface area contributed by atoms with Gasteiger partial charge < -0.3 is 14.8 Å². The van der Waals surface area contributed by atoms with Crippen LogP contribution >= 0.6 is 11.3 Å². The van der Waals surface area contributed by atoms with Crippen LogP contribution in [0, 0.1) is 11.3 Å². The van der Waals surface area contributed by atoms with Crippen LogP contribution in [-0.4, -0.2) is 33.4 Å². The summed E-state index contributed by atoms with van der Waals surface area (Å²) in [6.45, 7) is -0.466. The van der Waals surface area contributed by atoms with Gasteiger partial charge in [0.15, 0.2) is 17.4 Å². The molecule has 2 aromatic heterocycles. The van der Waals surface area contributed by atoms with Crippen LogP contribution in [0.4, 0.5) is 0 Å². The van der Waals surface area contributed by atoms with Crippen LogP contribution < -0.4 is 0 Å². The van der Waals surface area contributed by atoms with E-state index in [4.69, 9.17) is 4.74 Å². The number of benzene rings is 1. The molecular formula is C19H15N3O4S. The van der Waals surface area contributed by atoms with E-state index in [9.17, 15) is 20.0 Å². The summed E-state index contributed by atoms with van der Waals surface area (Å²) < 4.78 is 4.96. The average molecular weight is 381 g/mol. The normalized spacial score (nSPS) is 11.7. The molecule has 0 atom stereocenters. The summed E-state index contributed by atoms with van der Waals surface area (Å²) >= 11 is 1.31. The lowest BCUT2D eigenvalue weighted by atomic mass is 10.2. The van der Waals surface area contributed by atoms with Crippen molar-refractivity contribution in [3.8, 4) is 6.07 Å². The number of aromatic nitrogens is 2. The predicted octanol–water partition coefficient (Wildman–Crippen LogP) is 3.62. The van der Waals surface area contributed by atoms with Crippen LogP contribution in [0.15, 0.2) is 47.5 Å². The lowest BCUT2D eigenvalue weighted by Gasteiger charge is -2.05. The van der Waals surface area contributed by atoms with Crippen LogP contribution in [0.2, 0.25) is 0 Å². The minimum Gasteiger partial charge on any atom is -0.507 e. The largest absolute Gasteiger partial charge is 0.507 e. The highest BCUT2D eigenvalue weighted by Crippen LogP contribution is 2.19. The van der Waals surface area contributed by atoms with Gasteiger partial charge in [-0.25, -0.2) is 4.98 Å². The van der Waals surface area contributed by atoms with Crippen molar-refractivity contribution in [2.24, 2.45) is 0 Å². The fraction of sp³-hybridized carbons (Fsp3) is 0.158. The van der Waals surface area contributed by atoms with E-state index in [1.807, 2.05) is 18.2 Å². The number of ether oxygens (including phenoxy) is 1. The monoisotopic (exact) mass is 381 g/mol. The summed E-state index contributed by atoms with van der Waals surface area (Å²) in [6.07, 6.45) is -0.0744. The predicted molar refractivity (Wildman–Crippen MR) is 100 cm³/mol. The van der Waals surface area contributed by atoms with Gasteiger partial charge in [0.2, 0.25) is 0 Å². The molecule has 0 saturated heterocycles. The Morgan fingerprint density at radius 2 is 2.04 bits per heavy atom. The smallest absolute Gasteiger partial charge is 0.306 e. The molecule has 0 fully saturated rings. The summed E-state index contributed by atoms with van der Waals surface area (Å²) in [6, 6.07) is 12.5. The number of aromatic amines is 1. The van der Waals surface area contributed by atoms with Crippen molar-refractivity contribution in [2.75, 3.05) is 6.61 Å². The highest BCUT2D eigenvalue weighted by atomic mass is 32.1. The minimum atomic E-state index is -0.631. The number of ketones is 1. The van der Waals surface area contributed by atoms with Crippen molar-refractivity contribution in [2.45, 2.75) is 12.8 Å². The number of thiophene rings is 1. The van der Waals surface area contributed by atoms with Crippen LogP contribution in [0.3, 0.4) is 0 Å². The maximum atomic E-state index is 11.9. The van der Waals surface area contributed by atoms with Gasteiger partial charge in [-0.2, -0.15) is 5.26 Å². The van der Waals surface area contributed by atoms with E-state index < -0.39 is 18.3 Å². The number of hydrogen-bond acceptors (Lipinski definition) is 7. The van der Waals surface area contributed by atoms with E-state index >= 15 is 0 Å². The lowest BCUT2D eigenvalue weighted by molar-refractivity contribution is -0.143. The third kappa shape index (κ3) is 4.40. The molecule has 8 heteroatoms. The van der Waals surface area contributed by atoms with E-state index in [1.54, 1.807) is 29.6 Å². The molecule has 0 bridgehead atoms. The Hall–Kier alpha value is -3.44. The fourth-order valence-corrected chi connectivity index (χ4v) is 3.09.